The van der Waals surface area contributed by atoms with Gasteiger partial charge in [-0.05, 0) is 59.2 Å². The van der Waals surface area contributed by atoms with Crippen LogP contribution in [0.1, 0.15) is 23.1 Å². The molecule has 3 aromatic rings. The van der Waals surface area contributed by atoms with E-state index >= 15 is 0 Å². The van der Waals surface area contributed by atoms with Crippen molar-refractivity contribution in [3.05, 3.63) is 113 Å². The SMILES string of the molecule is Fc1ccc(C2=NN=C(c3ccc(F)cc3)CC(c3ccccc3)=C2)cc1. The Kier molecular flexibility index (Phi) is 4.71. The lowest BCUT2D eigenvalue weighted by Gasteiger charge is -2.09. The lowest BCUT2D eigenvalue weighted by molar-refractivity contribution is 0.627. The van der Waals surface area contributed by atoms with Crippen LogP contribution in [0.4, 0.5) is 8.78 Å². The van der Waals surface area contributed by atoms with Crippen LogP contribution in [0.25, 0.3) is 5.57 Å². The van der Waals surface area contributed by atoms with E-state index in [4.69, 9.17) is 0 Å². The highest BCUT2D eigenvalue weighted by Gasteiger charge is 2.15. The van der Waals surface area contributed by atoms with Gasteiger partial charge in [-0.15, -0.1) is 0 Å². The second-order valence-electron chi connectivity index (χ2n) is 6.26. The molecule has 0 saturated heterocycles. The minimum Gasteiger partial charge on any atom is -0.207 e. The summed E-state index contributed by atoms with van der Waals surface area (Å²) in [4.78, 5) is 0. The van der Waals surface area contributed by atoms with Gasteiger partial charge in [-0.1, -0.05) is 42.5 Å². The second kappa shape index (κ2) is 7.46. The third kappa shape index (κ3) is 3.90. The maximum absolute atomic E-state index is 13.3. The van der Waals surface area contributed by atoms with Crippen molar-refractivity contribution in [1.29, 1.82) is 0 Å². The minimum absolute atomic E-state index is 0.290. The smallest absolute Gasteiger partial charge is 0.123 e. The Labute approximate surface area is 156 Å². The molecule has 2 nitrogen and oxygen atoms in total. The molecule has 0 radical (unpaired) electrons. The largest absolute Gasteiger partial charge is 0.207 e. The average molecular weight is 358 g/mol. The van der Waals surface area contributed by atoms with Crippen molar-refractivity contribution < 1.29 is 8.78 Å². The average Bonchev–Trinajstić information content (AvgIpc) is 2.93. The fourth-order valence-electron chi connectivity index (χ4n) is 2.98. The van der Waals surface area contributed by atoms with Gasteiger partial charge in [0.25, 0.3) is 0 Å². The van der Waals surface area contributed by atoms with Gasteiger partial charge >= 0.3 is 0 Å². The van der Waals surface area contributed by atoms with Gasteiger partial charge in [0.05, 0.1) is 11.4 Å². The lowest BCUT2D eigenvalue weighted by Crippen LogP contribution is -2.02. The Morgan fingerprint density at radius 1 is 0.593 bits per heavy atom. The number of hydrogen-bond donors (Lipinski definition) is 0. The third-order valence-electron chi connectivity index (χ3n) is 4.41. The first-order chi connectivity index (χ1) is 13.2. The van der Waals surface area contributed by atoms with E-state index in [1.165, 1.54) is 24.3 Å². The molecule has 0 aromatic heterocycles. The van der Waals surface area contributed by atoms with E-state index in [2.05, 4.69) is 10.2 Å². The first-order valence-electron chi connectivity index (χ1n) is 8.61. The number of benzene rings is 3. The number of allylic oxidation sites excluding steroid dienone is 2. The summed E-state index contributed by atoms with van der Waals surface area (Å²) in [5.74, 6) is -0.585. The molecule has 0 N–H and O–H groups in total. The van der Waals surface area contributed by atoms with Gasteiger partial charge in [-0.3, -0.25) is 0 Å². The van der Waals surface area contributed by atoms with Crippen LogP contribution in [0, 0.1) is 11.6 Å². The van der Waals surface area contributed by atoms with E-state index in [1.807, 2.05) is 36.4 Å². The van der Waals surface area contributed by atoms with Gasteiger partial charge in [-0.25, -0.2) is 8.78 Å². The zero-order valence-corrected chi connectivity index (χ0v) is 14.4. The van der Waals surface area contributed by atoms with E-state index < -0.39 is 0 Å². The molecule has 0 saturated carbocycles. The second-order valence-corrected chi connectivity index (χ2v) is 6.26. The van der Waals surface area contributed by atoms with Crippen LogP contribution in [-0.2, 0) is 0 Å². The molecular weight excluding hydrogens is 342 g/mol. The lowest BCUT2D eigenvalue weighted by atomic mass is 9.95. The predicted molar refractivity (Wildman–Crippen MR) is 105 cm³/mol. The summed E-state index contributed by atoms with van der Waals surface area (Å²) in [5.41, 5.74) is 5.12. The van der Waals surface area contributed by atoms with E-state index in [0.29, 0.717) is 12.1 Å². The van der Waals surface area contributed by atoms with Gasteiger partial charge in [0.15, 0.2) is 0 Å². The normalized spacial score (nSPS) is 14.1. The Hall–Kier alpha value is -3.40. The summed E-state index contributed by atoms with van der Waals surface area (Å²) >= 11 is 0. The molecule has 132 valence electrons. The van der Waals surface area contributed by atoms with Crippen molar-refractivity contribution in [2.24, 2.45) is 10.2 Å². The van der Waals surface area contributed by atoms with E-state index in [1.54, 1.807) is 24.3 Å². The quantitative estimate of drug-likeness (QED) is 0.578. The maximum Gasteiger partial charge on any atom is 0.123 e. The highest BCUT2D eigenvalue weighted by atomic mass is 19.1. The van der Waals surface area contributed by atoms with Crippen molar-refractivity contribution in [1.82, 2.24) is 0 Å². The number of halogens is 2. The van der Waals surface area contributed by atoms with Crippen LogP contribution in [0.15, 0.2) is 95.1 Å². The fourth-order valence-corrected chi connectivity index (χ4v) is 2.98. The molecule has 1 aliphatic rings. The Morgan fingerprint density at radius 2 is 1.19 bits per heavy atom. The molecule has 4 heteroatoms. The molecule has 0 atom stereocenters. The van der Waals surface area contributed by atoms with E-state index in [0.717, 1.165) is 28.0 Å². The predicted octanol–water partition coefficient (Wildman–Crippen LogP) is 5.65. The van der Waals surface area contributed by atoms with Crippen LogP contribution in [0.2, 0.25) is 0 Å². The van der Waals surface area contributed by atoms with Crippen molar-refractivity contribution in [3.63, 3.8) is 0 Å². The highest BCUT2D eigenvalue weighted by Crippen LogP contribution is 2.25. The summed E-state index contributed by atoms with van der Waals surface area (Å²) in [6.07, 6.45) is 2.53. The Bertz CT molecular complexity index is 1030. The van der Waals surface area contributed by atoms with Crippen molar-refractivity contribution in [2.75, 3.05) is 0 Å². The molecule has 0 fully saturated rings. The third-order valence-corrected chi connectivity index (χ3v) is 4.41. The van der Waals surface area contributed by atoms with Crippen LogP contribution in [-0.4, -0.2) is 11.4 Å². The zero-order chi connectivity index (χ0) is 18.6. The van der Waals surface area contributed by atoms with Gasteiger partial charge in [0.1, 0.15) is 11.6 Å². The van der Waals surface area contributed by atoms with Crippen LogP contribution in [0.3, 0.4) is 0 Å². The molecule has 0 amide bonds. The molecule has 4 rings (SSSR count). The topological polar surface area (TPSA) is 24.7 Å². The van der Waals surface area contributed by atoms with Crippen molar-refractivity contribution >= 4 is 17.0 Å². The zero-order valence-electron chi connectivity index (χ0n) is 14.4. The Morgan fingerprint density at radius 3 is 1.81 bits per heavy atom. The first-order valence-corrected chi connectivity index (χ1v) is 8.61. The molecule has 0 unspecified atom stereocenters. The summed E-state index contributed by atoms with van der Waals surface area (Å²) in [6, 6.07) is 22.4. The van der Waals surface area contributed by atoms with E-state index in [9.17, 15) is 8.78 Å². The first kappa shape index (κ1) is 17.0. The van der Waals surface area contributed by atoms with Crippen LogP contribution >= 0.6 is 0 Å². The van der Waals surface area contributed by atoms with Gasteiger partial charge < -0.3 is 0 Å². The van der Waals surface area contributed by atoms with Crippen LogP contribution < -0.4 is 0 Å². The summed E-state index contributed by atoms with van der Waals surface area (Å²) in [7, 11) is 0. The Balaban J connectivity index is 1.81. The van der Waals surface area contributed by atoms with E-state index in [-0.39, 0.29) is 11.6 Å². The molecule has 27 heavy (non-hydrogen) atoms. The standard InChI is InChI=1S/C23H16F2N2/c24-20-10-6-17(7-11-20)22-14-19(16-4-2-1-3-5-16)15-23(27-26-22)18-8-12-21(25)13-9-18/h1-14H,15H2. The molecule has 1 aliphatic heterocycles. The molecular formula is C23H16F2N2. The summed E-state index contributed by atoms with van der Waals surface area (Å²) < 4.78 is 26.6. The van der Waals surface area contributed by atoms with Gasteiger partial charge in [0, 0.05) is 12.0 Å². The monoisotopic (exact) mass is 358 g/mol. The number of hydrogen-bond acceptors (Lipinski definition) is 2. The molecule has 0 aliphatic carbocycles. The highest BCUT2D eigenvalue weighted by molar-refractivity contribution is 6.17. The van der Waals surface area contributed by atoms with Crippen molar-refractivity contribution in [2.45, 2.75) is 6.42 Å². The molecule has 3 aromatic carbocycles. The minimum atomic E-state index is -0.296. The van der Waals surface area contributed by atoms with Crippen molar-refractivity contribution in [3.8, 4) is 0 Å². The molecule has 1 heterocycles. The number of rotatable bonds is 3. The molecule has 0 spiro atoms. The fraction of sp³-hybridized carbons (Fsp3) is 0.0435. The number of nitrogens with zero attached hydrogens (tertiary/aromatic N) is 2. The summed E-state index contributed by atoms with van der Waals surface area (Å²) in [5, 5.41) is 8.81. The maximum atomic E-state index is 13.3. The van der Waals surface area contributed by atoms with Crippen LogP contribution in [0.5, 0.6) is 0 Å². The summed E-state index contributed by atoms with van der Waals surface area (Å²) in [6.45, 7) is 0. The molecule has 0 bridgehead atoms. The van der Waals surface area contributed by atoms with Gasteiger partial charge in [0.2, 0.25) is 0 Å². The van der Waals surface area contributed by atoms with Gasteiger partial charge in [-0.2, -0.15) is 10.2 Å².